The Kier molecular flexibility index (Phi) is 3.90. The van der Waals surface area contributed by atoms with E-state index in [0.717, 1.165) is 42.3 Å². The summed E-state index contributed by atoms with van der Waals surface area (Å²) in [5, 5.41) is 4.18. The van der Waals surface area contributed by atoms with Gasteiger partial charge in [0.25, 0.3) is 11.8 Å². The van der Waals surface area contributed by atoms with Crippen molar-refractivity contribution in [3.63, 3.8) is 0 Å². The number of imide groups is 1. The highest BCUT2D eigenvalue weighted by molar-refractivity contribution is 6.50. The number of carbonyl (C=O) groups is 2. The number of amides is 2. The number of nitrogens with one attached hydrogen (secondary N) is 2. The van der Waals surface area contributed by atoms with E-state index in [1.165, 1.54) is 24.1 Å². The van der Waals surface area contributed by atoms with E-state index in [1.807, 2.05) is 18.3 Å². The van der Waals surface area contributed by atoms with Gasteiger partial charge >= 0.3 is 0 Å². The molecule has 2 amide bonds. The minimum Gasteiger partial charge on any atom is -0.360 e. The third kappa shape index (κ3) is 2.68. The Labute approximate surface area is 177 Å². The Morgan fingerprint density at radius 2 is 1.74 bits per heavy atom. The van der Waals surface area contributed by atoms with Gasteiger partial charge in [-0.15, -0.1) is 0 Å². The molecule has 0 saturated heterocycles. The lowest BCUT2D eigenvalue weighted by Gasteiger charge is -2.13. The van der Waals surface area contributed by atoms with Crippen LogP contribution in [0.2, 0.25) is 0 Å². The number of para-hydroxylation sites is 1. The first-order chi connectivity index (χ1) is 15.1. The molecular formula is C25H20FN3O2. The zero-order valence-electron chi connectivity index (χ0n) is 16.8. The van der Waals surface area contributed by atoms with E-state index in [2.05, 4.69) is 20.9 Å². The number of H-pyrrole nitrogens is 1. The number of halogens is 1. The van der Waals surface area contributed by atoms with Gasteiger partial charge in [0.15, 0.2) is 0 Å². The van der Waals surface area contributed by atoms with Gasteiger partial charge in [0, 0.05) is 46.4 Å². The van der Waals surface area contributed by atoms with Crippen LogP contribution in [-0.4, -0.2) is 21.4 Å². The summed E-state index contributed by atoms with van der Waals surface area (Å²) in [5.41, 5.74) is 5.11. The zero-order valence-corrected chi connectivity index (χ0v) is 16.8. The lowest BCUT2D eigenvalue weighted by molar-refractivity contribution is -0.122. The molecule has 0 spiro atoms. The molecular weight excluding hydrogens is 393 g/mol. The minimum absolute atomic E-state index is 0.335. The van der Waals surface area contributed by atoms with Crippen molar-refractivity contribution in [1.29, 1.82) is 0 Å². The minimum atomic E-state index is -0.424. The van der Waals surface area contributed by atoms with Crippen LogP contribution in [-0.2, 0) is 22.6 Å². The van der Waals surface area contributed by atoms with Gasteiger partial charge in [-0.25, -0.2) is 4.39 Å². The molecule has 0 bridgehead atoms. The molecule has 154 valence electrons. The zero-order chi connectivity index (χ0) is 21.1. The lowest BCUT2D eigenvalue weighted by atomic mass is 9.94. The van der Waals surface area contributed by atoms with E-state index in [-0.39, 0.29) is 5.82 Å². The van der Waals surface area contributed by atoms with Crippen molar-refractivity contribution in [3.05, 3.63) is 71.3 Å². The average molecular weight is 413 g/mol. The van der Waals surface area contributed by atoms with Crippen molar-refractivity contribution in [2.45, 2.75) is 32.2 Å². The summed E-state index contributed by atoms with van der Waals surface area (Å²) in [6.07, 6.45) is 8.10. The second kappa shape index (κ2) is 6.67. The Bertz CT molecular complexity index is 1440. The first-order valence-corrected chi connectivity index (χ1v) is 10.6. The third-order valence-corrected chi connectivity index (χ3v) is 6.44. The van der Waals surface area contributed by atoms with Crippen LogP contribution in [0.3, 0.4) is 0 Å². The number of aromatic nitrogens is 2. The van der Waals surface area contributed by atoms with E-state index in [1.54, 1.807) is 12.3 Å². The maximum absolute atomic E-state index is 13.7. The Morgan fingerprint density at radius 3 is 2.61 bits per heavy atom. The number of nitrogens with zero attached hydrogens (tertiary/aromatic N) is 1. The van der Waals surface area contributed by atoms with Crippen LogP contribution in [0.5, 0.6) is 0 Å². The fourth-order valence-corrected chi connectivity index (χ4v) is 5.06. The number of benzene rings is 2. The highest BCUT2D eigenvalue weighted by Gasteiger charge is 2.35. The molecule has 4 heterocycles. The topological polar surface area (TPSA) is 66.9 Å². The maximum Gasteiger partial charge on any atom is 0.259 e. The normalized spacial score (nSPS) is 16.8. The highest BCUT2D eigenvalue weighted by atomic mass is 19.1. The van der Waals surface area contributed by atoms with Crippen LogP contribution in [0.1, 0.15) is 36.0 Å². The van der Waals surface area contributed by atoms with Crippen LogP contribution >= 0.6 is 0 Å². The predicted octanol–water partition coefficient (Wildman–Crippen LogP) is 4.56. The Morgan fingerprint density at radius 1 is 0.903 bits per heavy atom. The summed E-state index contributed by atoms with van der Waals surface area (Å²) in [7, 11) is 0. The van der Waals surface area contributed by atoms with Crippen molar-refractivity contribution in [3.8, 4) is 0 Å². The fourth-order valence-electron chi connectivity index (χ4n) is 5.06. The summed E-state index contributed by atoms with van der Waals surface area (Å²) < 4.78 is 15.9. The second-order valence-corrected chi connectivity index (χ2v) is 8.29. The number of aromatic amines is 1. The lowest BCUT2D eigenvalue weighted by Crippen LogP contribution is -2.22. The molecule has 0 unspecified atom stereocenters. The van der Waals surface area contributed by atoms with E-state index in [9.17, 15) is 14.0 Å². The number of rotatable bonds is 2. The molecule has 4 aromatic rings. The van der Waals surface area contributed by atoms with Crippen molar-refractivity contribution < 1.29 is 14.0 Å². The second-order valence-electron chi connectivity index (χ2n) is 8.29. The summed E-state index contributed by atoms with van der Waals surface area (Å²) in [6, 6.07) is 10.6. The molecule has 0 radical (unpaired) electrons. The average Bonchev–Trinajstić information content (AvgIpc) is 3.38. The van der Waals surface area contributed by atoms with Gasteiger partial charge in [-0.1, -0.05) is 24.6 Å². The van der Waals surface area contributed by atoms with Gasteiger partial charge in [0.1, 0.15) is 5.82 Å². The van der Waals surface area contributed by atoms with Gasteiger partial charge in [-0.2, -0.15) is 0 Å². The molecule has 0 aliphatic carbocycles. The van der Waals surface area contributed by atoms with Gasteiger partial charge in [0.05, 0.1) is 16.7 Å². The summed E-state index contributed by atoms with van der Waals surface area (Å²) in [5.74, 6) is -1.18. The highest BCUT2D eigenvalue weighted by Crippen LogP contribution is 2.39. The molecule has 0 saturated carbocycles. The monoisotopic (exact) mass is 413 g/mol. The van der Waals surface area contributed by atoms with Crippen molar-refractivity contribution in [2.24, 2.45) is 0 Å². The molecule has 31 heavy (non-hydrogen) atoms. The van der Waals surface area contributed by atoms with Crippen molar-refractivity contribution in [1.82, 2.24) is 14.9 Å². The summed E-state index contributed by atoms with van der Waals surface area (Å²) in [6.45, 7) is 0.887. The number of carbonyl (C=O) groups excluding carboxylic acids is 2. The van der Waals surface area contributed by atoms with Crippen molar-refractivity contribution >= 4 is 44.8 Å². The number of hydrogen-bond acceptors (Lipinski definition) is 2. The molecule has 2 N–H and O–H groups in total. The molecule has 0 fully saturated rings. The van der Waals surface area contributed by atoms with E-state index >= 15 is 0 Å². The van der Waals surface area contributed by atoms with Gasteiger partial charge in [0.2, 0.25) is 0 Å². The van der Waals surface area contributed by atoms with E-state index in [4.69, 9.17) is 0 Å². The Hall–Kier alpha value is -3.67. The predicted molar refractivity (Wildman–Crippen MR) is 118 cm³/mol. The molecule has 0 atom stereocenters. The van der Waals surface area contributed by atoms with Gasteiger partial charge in [-0.3, -0.25) is 14.9 Å². The van der Waals surface area contributed by atoms with E-state index < -0.39 is 11.8 Å². The number of hydrogen-bond donors (Lipinski definition) is 2. The van der Waals surface area contributed by atoms with Crippen LogP contribution in [0, 0.1) is 5.82 Å². The maximum atomic E-state index is 13.7. The van der Waals surface area contributed by atoms with Crippen molar-refractivity contribution in [2.75, 3.05) is 0 Å². The summed E-state index contributed by atoms with van der Waals surface area (Å²) >= 11 is 0. The first-order valence-electron chi connectivity index (χ1n) is 10.6. The molecule has 2 aliphatic rings. The largest absolute Gasteiger partial charge is 0.360 e. The molecule has 2 aliphatic heterocycles. The Balaban J connectivity index is 1.65. The first kappa shape index (κ1) is 18.1. The molecule has 2 aromatic heterocycles. The van der Waals surface area contributed by atoms with Crippen LogP contribution < -0.4 is 5.32 Å². The number of aryl methyl sites for hydroxylation is 2. The third-order valence-electron chi connectivity index (χ3n) is 6.44. The SMILES string of the molecule is O=C1NC(=O)C(c2cn3c4c(cccc24)CCCCC3)=C1c1c[nH]c2cc(F)ccc12. The van der Waals surface area contributed by atoms with Crippen LogP contribution in [0.15, 0.2) is 48.8 Å². The quantitative estimate of drug-likeness (QED) is 0.473. The molecule has 6 heteroatoms. The smallest absolute Gasteiger partial charge is 0.259 e. The van der Waals surface area contributed by atoms with Gasteiger partial charge in [-0.05, 0) is 43.0 Å². The van der Waals surface area contributed by atoms with Crippen LogP contribution in [0.4, 0.5) is 4.39 Å². The number of fused-ring (bicyclic) bond motifs is 1. The fraction of sp³-hybridized carbons (Fsp3) is 0.200. The molecule has 2 aromatic carbocycles. The van der Waals surface area contributed by atoms with Crippen LogP contribution in [0.25, 0.3) is 33.0 Å². The molecule has 6 rings (SSSR count). The molecule has 5 nitrogen and oxygen atoms in total. The summed E-state index contributed by atoms with van der Waals surface area (Å²) in [4.78, 5) is 28.9. The standard InChI is InChI=1S/C25H20FN3O2/c26-15-8-9-16-18(12-27-20(16)11-15)21-22(25(31)28-24(21)30)19-13-29-10-3-1-2-5-14-6-4-7-17(19)23(14)29/h4,6-9,11-13,27H,1-3,5,10H2,(H,28,30,31). The van der Waals surface area contributed by atoms with E-state index in [0.29, 0.717) is 27.6 Å². The van der Waals surface area contributed by atoms with Gasteiger partial charge < -0.3 is 9.55 Å².